The molecule has 0 saturated carbocycles. The Morgan fingerprint density at radius 1 is 1.34 bits per heavy atom. The Labute approximate surface area is 170 Å². The van der Waals surface area contributed by atoms with Crippen molar-refractivity contribution in [3.8, 4) is 6.07 Å². The van der Waals surface area contributed by atoms with Crippen molar-refractivity contribution in [2.45, 2.75) is 37.5 Å². The third-order valence-electron chi connectivity index (χ3n) is 5.88. The summed E-state index contributed by atoms with van der Waals surface area (Å²) in [6.45, 7) is 3.80. The average molecular weight is 391 g/mol. The van der Waals surface area contributed by atoms with E-state index >= 15 is 0 Å². The van der Waals surface area contributed by atoms with Crippen LogP contribution in [0.5, 0.6) is 0 Å². The number of aliphatic imine (C=N–C) groups is 1. The Morgan fingerprint density at radius 2 is 2.07 bits per heavy atom. The molecule has 1 amide bonds. The lowest BCUT2D eigenvalue weighted by Gasteiger charge is -2.42. The van der Waals surface area contributed by atoms with Gasteiger partial charge in [0.2, 0.25) is 5.91 Å². The number of nitrogens with one attached hydrogen (secondary N) is 3. The van der Waals surface area contributed by atoms with E-state index < -0.39 is 11.2 Å². The summed E-state index contributed by atoms with van der Waals surface area (Å²) in [6, 6.07) is 9.26. The van der Waals surface area contributed by atoms with Gasteiger partial charge in [0.05, 0.1) is 23.5 Å². The number of nitrogens with zero attached hydrogens (tertiary/aromatic N) is 3. The Hall–Kier alpha value is -3.31. The maximum absolute atomic E-state index is 12.8. The van der Waals surface area contributed by atoms with Gasteiger partial charge in [-0.2, -0.15) is 5.26 Å². The number of hydrogen-bond acceptors (Lipinski definition) is 7. The largest absolute Gasteiger partial charge is 0.364 e. The lowest BCUT2D eigenvalue weighted by Crippen LogP contribution is -2.60. The van der Waals surface area contributed by atoms with Crippen molar-refractivity contribution in [2.75, 3.05) is 13.1 Å². The Morgan fingerprint density at radius 3 is 2.76 bits per heavy atom. The molecule has 1 saturated heterocycles. The van der Waals surface area contributed by atoms with Crippen LogP contribution < -0.4 is 21.7 Å². The van der Waals surface area contributed by atoms with Crippen LogP contribution in [-0.2, 0) is 11.3 Å². The summed E-state index contributed by atoms with van der Waals surface area (Å²) in [4.78, 5) is 19.5. The Bertz CT molecular complexity index is 933. The molecule has 0 spiro atoms. The molecule has 0 bridgehead atoms. The molecule has 1 aromatic rings. The first-order valence-corrected chi connectivity index (χ1v) is 9.74. The van der Waals surface area contributed by atoms with Crippen LogP contribution in [0.2, 0.25) is 0 Å². The Kier molecular flexibility index (Phi) is 4.76. The molecule has 1 atom stereocenters. The summed E-state index contributed by atoms with van der Waals surface area (Å²) >= 11 is 0. The molecule has 0 aromatic heterocycles. The van der Waals surface area contributed by atoms with Gasteiger partial charge in [0.1, 0.15) is 5.82 Å². The minimum atomic E-state index is -0.885. The lowest BCUT2D eigenvalue weighted by molar-refractivity contribution is -0.128. The van der Waals surface area contributed by atoms with Crippen molar-refractivity contribution in [3.05, 3.63) is 59.1 Å². The van der Waals surface area contributed by atoms with Crippen LogP contribution in [0.1, 0.15) is 30.9 Å². The van der Waals surface area contributed by atoms with Gasteiger partial charge >= 0.3 is 0 Å². The van der Waals surface area contributed by atoms with Gasteiger partial charge in [-0.05, 0) is 49.7 Å². The number of carbonyl (C=O) groups excluding carboxylic acids is 1. The summed E-state index contributed by atoms with van der Waals surface area (Å²) in [5.74, 6) is 0.883. The minimum absolute atomic E-state index is 0.135. The van der Waals surface area contributed by atoms with Gasteiger partial charge in [0.25, 0.3) is 0 Å². The molecular weight excluding hydrogens is 366 g/mol. The van der Waals surface area contributed by atoms with E-state index in [4.69, 9.17) is 11.0 Å². The van der Waals surface area contributed by atoms with Gasteiger partial charge in [-0.3, -0.25) is 4.79 Å². The van der Waals surface area contributed by atoms with Crippen molar-refractivity contribution < 1.29 is 4.79 Å². The van der Waals surface area contributed by atoms with Crippen molar-refractivity contribution >= 4 is 12.2 Å². The number of piperidine rings is 1. The molecule has 1 aromatic carbocycles. The maximum atomic E-state index is 12.8. The molecule has 8 nitrogen and oxygen atoms in total. The van der Waals surface area contributed by atoms with E-state index in [-0.39, 0.29) is 5.91 Å². The van der Waals surface area contributed by atoms with Gasteiger partial charge in [-0.15, -0.1) is 0 Å². The SMILES string of the molecule is CC12N=CNC(N3CCC(N)(C(=O)NCc4ccc(C#N)cc4)CC3)=C1C=CN2. The summed E-state index contributed by atoms with van der Waals surface area (Å²) in [6.07, 6.45) is 6.79. The number of rotatable bonds is 4. The van der Waals surface area contributed by atoms with E-state index in [1.54, 1.807) is 18.5 Å². The summed E-state index contributed by atoms with van der Waals surface area (Å²) < 4.78 is 0. The van der Waals surface area contributed by atoms with Crippen LogP contribution in [0.4, 0.5) is 0 Å². The molecule has 0 radical (unpaired) electrons. The second-order valence-electron chi connectivity index (χ2n) is 7.85. The predicted molar refractivity (Wildman–Crippen MR) is 110 cm³/mol. The summed E-state index contributed by atoms with van der Waals surface area (Å²) in [5.41, 5.74) is 7.78. The number of benzene rings is 1. The topological polar surface area (TPSA) is 119 Å². The number of carbonyl (C=O) groups is 1. The van der Waals surface area contributed by atoms with Gasteiger partial charge in [0, 0.05) is 25.2 Å². The zero-order valence-corrected chi connectivity index (χ0v) is 16.4. The molecule has 1 unspecified atom stereocenters. The smallest absolute Gasteiger partial charge is 0.240 e. The highest BCUT2D eigenvalue weighted by molar-refractivity contribution is 5.86. The fourth-order valence-electron chi connectivity index (χ4n) is 3.92. The fraction of sp³-hybridized carbons (Fsp3) is 0.381. The number of nitrogens with two attached hydrogens (primary N) is 1. The van der Waals surface area contributed by atoms with E-state index in [9.17, 15) is 4.79 Å². The highest BCUT2D eigenvalue weighted by Crippen LogP contribution is 2.32. The zero-order valence-electron chi connectivity index (χ0n) is 16.4. The number of hydrogen-bond donors (Lipinski definition) is 4. The van der Waals surface area contributed by atoms with Crippen LogP contribution in [0, 0.1) is 11.3 Å². The normalized spacial score (nSPS) is 24.4. The molecule has 3 heterocycles. The summed E-state index contributed by atoms with van der Waals surface area (Å²) in [7, 11) is 0. The quantitative estimate of drug-likeness (QED) is 0.598. The van der Waals surface area contributed by atoms with Gasteiger partial charge in [-0.25, -0.2) is 4.99 Å². The second-order valence-corrected chi connectivity index (χ2v) is 7.85. The van der Waals surface area contributed by atoms with Crippen molar-refractivity contribution in [2.24, 2.45) is 10.7 Å². The molecule has 3 aliphatic heterocycles. The maximum Gasteiger partial charge on any atom is 0.240 e. The van der Waals surface area contributed by atoms with Crippen molar-refractivity contribution in [1.82, 2.24) is 20.9 Å². The monoisotopic (exact) mass is 391 g/mol. The molecule has 4 rings (SSSR count). The Balaban J connectivity index is 1.36. The van der Waals surface area contributed by atoms with E-state index in [2.05, 4.69) is 31.9 Å². The number of nitriles is 1. The van der Waals surface area contributed by atoms with E-state index in [1.165, 1.54) is 0 Å². The fourth-order valence-corrected chi connectivity index (χ4v) is 3.92. The van der Waals surface area contributed by atoms with Gasteiger partial charge in [-0.1, -0.05) is 12.1 Å². The van der Waals surface area contributed by atoms with Crippen LogP contribution in [0.15, 0.2) is 52.9 Å². The molecular formula is C21H25N7O. The van der Waals surface area contributed by atoms with Crippen LogP contribution in [0.25, 0.3) is 0 Å². The highest BCUT2D eigenvalue weighted by atomic mass is 16.2. The third kappa shape index (κ3) is 3.57. The second kappa shape index (κ2) is 7.26. The number of fused-ring (bicyclic) bond motifs is 1. The van der Waals surface area contributed by atoms with Gasteiger partial charge in [0.15, 0.2) is 5.66 Å². The highest BCUT2D eigenvalue weighted by Gasteiger charge is 2.41. The molecule has 8 heteroatoms. The lowest BCUT2D eigenvalue weighted by atomic mass is 9.87. The predicted octanol–water partition coefficient (Wildman–Crippen LogP) is 0.644. The molecule has 5 N–H and O–H groups in total. The average Bonchev–Trinajstić information content (AvgIpc) is 3.14. The molecule has 0 aliphatic carbocycles. The molecule has 29 heavy (non-hydrogen) atoms. The zero-order chi connectivity index (χ0) is 20.5. The van der Waals surface area contributed by atoms with E-state index in [1.807, 2.05) is 31.3 Å². The molecule has 1 fully saturated rings. The summed E-state index contributed by atoms with van der Waals surface area (Å²) in [5, 5.41) is 18.3. The van der Waals surface area contributed by atoms with Crippen molar-refractivity contribution in [3.63, 3.8) is 0 Å². The number of amides is 1. The van der Waals surface area contributed by atoms with E-state index in [0.717, 1.165) is 17.0 Å². The third-order valence-corrected chi connectivity index (χ3v) is 5.88. The van der Waals surface area contributed by atoms with Gasteiger partial charge < -0.3 is 26.6 Å². The first-order chi connectivity index (χ1) is 13.9. The first-order valence-electron chi connectivity index (χ1n) is 9.74. The minimum Gasteiger partial charge on any atom is -0.364 e. The van der Waals surface area contributed by atoms with Crippen LogP contribution in [0.3, 0.4) is 0 Å². The van der Waals surface area contributed by atoms with Crippen LogP contribution >= 0.6 is 0 Å². The molecule has 3 aliphatic rings. The molecule has 150 valence electrons. The first kappa shape index (κ1) is 19.0. The number of likely N-dealkylation sites (tertiary alicyclic amines) is 1. The standard InChI is InChI=1S/C21H25N7O/c1-20-17(6-9-26-20)18(25-14-27-20)28-10-7-21(23,8-11-28)19(29)24-13-16-4-2-15(12-22)3-5-16/h2-6,9,14,26H,7-8,10-11,13,23H2,1H3,(H,24,29)(H,25,27). The van der Waals surface area contributed by atoms with Crippen LogP contribution in [-0.4, -0.2) is 41.4 Å². The van der Waals surface area contributed by atoms with E-state index in [0.29, 0.717) is 38.0 Å². The van der Waals surface area contributed by atoms with Crippen molar-refractivity contribution in [1.29, 1.82) is 5.26 Å².